The molecule has 0 aliphatic rings. The van der Waals surface area contributed by atoms with Gasteiger partial charge in [-0.3, -0.25) is 19.2 Å². The number of carbonyl (C=O) groups is 5. The Morgan fingerprint density at radius 2 is 1.48 bits per heavy atom. The Bertz CT molecular complexity index is 827. The zero-order chi connectivity index (χ0) is 23.7. The monoisotopic (exact) mass is 453 g/mol. The van der Waals surface area contributed by atoms with Crippen LogP contribution >= 0.6 is 11.8 Å². The van der Waals surface area contributed by atoms with E-state index in [1.54, 1.807) is 38.1 Å². The van der Waals surface area contributed by atoms with E-state index in [0.29, 0.717) is 5.56 Å². The number of rotatable bonds is 11. The van der Waals surface area contributed by atoms with Crippen molar-refractivity contribution >= 4 is 41.4 Å². The second-order valence-corrected chi connectivity index (χ2v) is 8.03. The van der Waals surface area contributed by atoms with Crippen molar-refractivity contribution in [1.29, 1.82) is 0 Å². The van der Waals surface area contributed by atoms with Crippen LogP contribution in [0.4, 0.5) is 0 Å². The Labute approximate surface area is 184 Å². The number of aliphatic carboxylic acids is 2. The third kappa shape index (κ3) is 8.28. The molecule has 3 atom stereocenters. The number of carboxylic acid groups (broad SMARTS) is 2. The summed E-state index contributed by atoms with van der Waals surface area (Å²) in [6.07, 6.45) is 1.10. The molecule has 0 bridgehead atoms. The minimum atomic E-state index is -1.63. The van der Waals surface area contributed by atoms with E-state index in [9.17, 15) is 24.0 Å². The van der Waals surface area contributed by atoms with E-state index in [1.165, 1.54) is 18.7 Å². The first-order chi connectivity index (χ1) is 14.5. The van der Waals surface area contributed by atoms with Crippen LogP contribution in [0.3, 0.4) is 0 Å². The summed E-state index contributed by atoms with van der Waals surface area (Å²) in [5.74, 6) is -5.14. The maximum absolute atomic E-state index is 12.6. The minimum Gasteiger partial charge on any atom is -0.481 e. The van der Waals surface area contributed by atoms with E-state index in [0.717, 1.165) is 4.90 Å². The summed E-state index contributed by atoms with van der Waals surface area (Å²) < 4.78 is 0. The van der Waals surface area contributed by atoms with E-state index in [2.05, 4.69) is 16.0 Å². The predicted molar refractivity (Wildman–Crippen MR) is 114 cm³/mol. The van der Waals surface area contributed by atoms with Crippen LogP contribution in [-0.2, 0) is 19.2 Å². The Balaban J connectivity index is 2.79. The lowest BCUT2D eigenvalue weighted by Gasteiger charge is -2.24. The second-order valence-electron chi connectivity index (χ2n) is 7.15. The van der Waals surface area contributed by atoms with Crippen molar-refractivity contribution in [2.45, 2.75) is 50.2 Å². The van der Waals surface area contributed by atoms with Gasteiger partial charge in [-0.05, 0) is 43.4 Å². The van der Waals surface area contributed by atoms with Gasteiger partial charge in [0.25, 0.3) is 5.91 Å². The zero-order valence-corrected chi connectivity index (χ0v) is 18.5. The average Bonchev–Trinajstić information content (AvgIpc) is 2.70. The van der Waals surface area contributed by atoms with Crippen molar-refractivity contribution in [3.05, 3.63) is 29.8 Å². The Hall–Kier alpha value is -3.08. The molecule has 0 saturated heterocycles. The highest BCUT2D eigenvalue weighted by Crippen LogP contribution is 2.15. The standard InChI is InChI=1S/C20H27N3O7S/c1-10(2)16(23-18(27)12-5-7-13(31-4)8-6-12)19(28)21-11(3)17(26)22-14(20(29)30)9-15(24)25/h5-8,10-11,14,16H,9H2,1-4H3,(H,21,28)(H,22,26)(H,23,27)(H,24,25)(H,29,30)/t11-,14-,16-/m0/s1. The molecule has 0 aliphatic carbocycles. The lowest BCUT2D eigenvalue weighted by Crippen LogP contribution is -2.56. The largest absolute Gasteiger partial charge is 0.481 e. The van der Waals surface area contributed by atoms with Crippen molar-refractivity contribution in [2.75, 3.05) is 6.26 Å². The molecule has 0 heterocycles. The minimum absolute atomic E-state index is 0.302. The van der Waals surface area contributed by atoms with E-state index in [-0.39, 0.29) is 5.92 Å². The summed E-state index contributed by atoms with van der Waals surface area (Å²) in [5.41, 5.74) is 0.375. The van der Waals surface area contributed by atoms with Gasteiger partial charge in [0.05, 0.1) is 6.42 Å². The molecule has 1 rings (SSSR count). The summed E-state index contributed by atoms with van der Waals surface area (Å²) in [6, 6.07) is 3.12. The second kappa shape index (κ2) is 11.9. The highest BCUT2D eigenvalue weighted by molar-refractivity contribution is 7.98. The fraction of sp³-hybridized carbons (Fsp3) is 0.450. The van der Waals surface area contributed by atoms with Gasteiger partial charge < -0.3 is 26.2 Å². The molecule has 31 heavy (non-hydrogen) atoms. The van der Waals surface area contributed by atoms with Crippen molar-refractivity contribution < 1.29 is 34.2 Å². The predicted octanol–water partition coefficient (Wildman–Crippen LogP) is 0.712. The van der Waals surface area contributed by atoms with E-state index in [4.69, 9.17) is 10.2 Å². The van der Waals surface area contributed by atoms with Crippen LogP contribution in [0.5, 0.6) is 0 Å². The number of benzene rings is 1. The first kappa shape index (κ1) is 26.0. The highest BCUT2D eigenvalue weighted by atomic mass is 32.2. The van der Waals surface area contributed by atoms with Crippen LogP contribution in [0, 0.1) is 5.92 Å². The summed E-state index contributed by atoms with van der Waals surface area (Å²) in [7, 11) is 0. The van der Waals surface area contributed by atoms with Crippen molar-refractivity contribution in [1.82, 2.24) is 16.0 Å². The van der Waals surface area contributed by atoms with Crippen LogP contribution in [0.15, 0.2) is 29.2 Å². The topological polar surface area (TPSA) is 162 Å². The molecule has 3 amide bonds. The van der Waals surface area contributed by atoms with Crippen LogP contribution < -0.4 is 16.0 Å². The smallest absolute Gasteiger partial charge is 0.326 e. The molecule has 0 spiro atoms. The SMILES string of the molecule is CSc1ccc(C(=O)N[C@H](C(=O)N[C@@H](C)C(=O)N[C@@H](CC(=O)O)C(=O)O)C(C)C)cc1. The van der Waals surface area contributed by atoms with Crippen LogP contribution in [0.25, 0.3) is 0 Å². The molecule has 5 N–H and O–H groups in total. The fourth-order valence-corrected chi connectivity index (χ4v) is 2.95. The fourth-order valence-electron chi connectivity index (χ4n) is 2.54. The molecule has 0 saturated carbocycles. The maximum Gasteiger partial charge on any atom is 0.326 e. The molecule has 1 aromatic rings. The number of nitrogens with one attached hydrogen (secondary N) is 3. The Morgan fingerprint density at radius 3 is 1.94 bits per heavy atom. The number of thioether (sulfide) groups is 1. The maximum atomic E-state index is 12.6. The van der Waals surface area contributed by atoms with Gasteiger partial charge in [-0.15, -0.1) is 11.8 Å². The van der Waals surface area contributed by atoms with Crippen molar-refractivity contribution in [3.8, 4) is 0 Å². The number of hydrogen-bond donors (Lipinski definition) is 5. The van der Waals surface area contributed by atoms with Crippen molar-refractivity contribution in [2.24, 2.45) is 5.92 Å². The van der Waals surface area contributed by atoms with Crippen molar-refractivity contribution in [3.63, 3.8) is 0 Å². The van der Waals surface area contributed by atoms with Crippen LogP contribution in [0.1, 0.15) is 37.6 Å². The molecular formula is C20H27N3O7S. The van der Waals surface area contributed by atoms with Gasteiger partial charge in [0.1, 0.15) is 18.1 Å². The third-order valence-corrected chi connectivity index (χ3v) is 5.08. The number of hydrogen-bond acceptors (Lipinski definition) is 6. The van der Waals surface area contributed by atoms with Gasteiger partial charge in [0.15, 0.2) is 0 Å². The van der Waals surface area contributed by atoms with Gasteiger partial charge >= 0.3 is 11.9 Å². The van der Waals surface area contributed by atoms with E-state index in [1.807, 2.05) is 6.26 Å². The number of carboxylic acids is 2. The van der Waals surface area contributed by atoms with Gasteiger partial charge in [-0.2, -0.15) is 0 Å². The highest BCUT2D eigenvalue weighted by Gasteiger charge is 2.29. The van der Waals surface area contributed by atoms with Gasteiger partial charge in [-0.25, -0.2) is 4.79 Å². The number of amides is 3. The molecule has 0 aliphatic heterocycles. The lowest BCUT2D eigenvalue weighted by atomic mass is 10.0. The average molecular weight is 454 g/mol. The zero-order valence-electron chi connectivity index (χ0n) is 17.7. The molecule has 0 radical (unpaired) electrons. The van der Waals surface area contributed by atoms with Gasteiger partial charge in [-0.1, -0.05) is 13.8 Å². The molecule has 10 nitrogen and oxygen atoms in total. The van der Waals surface area contributed by atoms with Gasteiger partial charge in [0.2, 0.25) is 11.8 Å². The molecule has 11 heteroatoms. The first-order valence-electron chi connectivity index (χ1n) is 9.46. The summed E-state index contributed by atoms with van der Waals surface area (Å²) >= 11 is 1.53. The van der Waals surface area contributed by atoms with Gasteiger partial charge in [0, 0.05) is 10.5 Å². The third-order valence-electron chi connectivity index (χ3n) is 4.33. The Morgan fingerprint density at radius 1 is 0.903 bits per heavy atom. The van der Waals surface area contributed by atoms with Crippen LogP contribution in [0.2, 0.25) is 0 Å². The Kier molecular flexibility index (Phi) is 10.00. The molecule has 0 aromatic heterocycles. The van der Waals surface area contributed by atoms with E-state index < -0.39 is 54.2 Å². The molecule has 1 aromatic carbocycles. The summed E-state index contributed by atoms with van der Waals surface area (Å²) in [5, 5.41) is 24.9. The summed E-state index contributed by atoms with van der Waals surface area (Å²) in [4.78, 5) is 60.2. The molecule has 0 fully saturated rings. The normalized spacial score (nSPS) is 13.6. The molecular weight excluding hydrogens is 426 g/mol. The molecule has 0 unspecified atom stereocenters. The lowest BCUT2D eigenvalue weighted by molar-refractivity contribution is -0.147. The summed E-state index contributed by atoms with van der Waals surface area (Å²) in [6.45, 7) is 4.77. The number of carbonyl (C=O) groups excluding carboxylic acids is 3. The quantitative estimate of drug-likeness (QED) is 0.306. The van der Waals surface area contributed by atoms with E-state index >= 15 is 0 Å². The first-order valence-corrected chi connectivity index (χ1v) is 10.7. The molecule has 170 valence electrons. The van der Waals surface area contributed by atoms with Crippen LogP contribution in [-0.4, -0.2) is 64.3 Å².